The fourth-order valence-electron chi connectivity index (χ4n) is 5.31. The number of fused-ring (bicyclic) bond motifs is 1. The minimum Gasteiger partial charge on any atom is -0.444 e. The molecule has 0 saturated carbocycles. The lowest BCUT2D eigenvalue weighted by Crippen LogP contribution is -2.51. The van der Waals surface area contributed by atoms with Crippen molar-refractivity contribution in [1.82, 2.24) is 9.47 Å². The monoisotopic (exact) mass is 618 g/mol. The van der Waals surface area contributed by atoms with Crippen molar-refractivity contribution in [2.75, 3.05) is 26.9 Å². The average molecular weight is 619 g/mol. The van der Waals surface area contributed by atoms with Crippen molar-refractivity contribution in [3.05, 3.63) is 36.0 Å². The van der Waals surface area contributed by atoms with Crippen molar-refractivity contribution >= 4 is 31.6 Å². The van der Waals surface area contributed by atoms with Crippen molar-refractivity contribution in [1.29, 1.82) is 0 Å². The number of carbonyl (C=O) groups is 2. The summed E-state index contributed by atoms with van der Waals surface area (Å²) in [5.74, 6) is -0.352. The number of nitrogens with zero attached hydrogens (tertiary/aromatic N) is 2. The highest BCUT2D eigenvalue weighted by molar-refractivity contribution is 6.74. The number of benzene rings is 1. The standard InChI is InChI=1S/C34H58N2O6Si/c1-13-39-31(40-14-2)22-25(19-20-37)28(24-41-43(11,12)34(6,7)8)30(36(10)32(38)42-33(3,4)5)21-26-23-35(9)29-18-16-15-17-27(26)29/h15-18,20,23,25,28,30-31H,13-14,19,21-22,24H2,1-12H3/t25-,28-,30+/m1/s1. The number of ether oxygens (including phenoxy) is 3. The maximum absolute atomic E-state index is 13.7. The third-order valence-corrected chi connectivity index (χ3v) is 13.2. The van der Waals surface area contributed by atoms with Crippen LogP contribution in [0.3, 0.4) is 0 Å². The number of hydrogen-bond acceptors (Lipinski definition) is 6. The Balaban J connectivity index is 2.70. The Hall–Kier alpha value is -2.20. The molecule has 43 heavy (non-hydrogen) atoms. The molecule has 0 radical (unpaired) electrons. The number of hydrogen-bond donors (Lipinski definition) is 0. The Morgan fingerprint density at radius 2 is 1.65 bits per heavy atom. The van der Waals surface area contributed by atoms with Crippen molar-refractivity contribution in [3.63, 3.8) is 0 Å². The normalized spacial score (nSPS) is 15.0. The highest BCUT2D eigenvalue weighted by Crippen LogP contribution is 2.39. The van der Waals surface area contributed by atoms with E-state index in [0.29, 0.717) is 39.1 Å². The van der Waals surface area contributed by atoms with E-state index in [2.05, 4.69) is 56.8 Å². The zero-order valence-corrected chi connectivity index (χ0v) is 29.9. The van der Waals surface area contributed by atoms with Crippen LogP contribution >= 0.6 is 0 Å². The van der Waals surface area contributed by atoms with E-state index in [-0.39, 0.29) is 22.9 Å². The highest BCUT2D eigenvalue weighted by Gasteiger charge is 2.42. The van der Waals surface area contributed by atoms with Gasteiger partial charge in [-0.05, 0) is 76.7 Å². The van der Waals surface area contributed by atoms with Gasteiger partial charge in [-0.2, -0.15) is 0 Å². The summed E-state index contributed by atoms with van der Waals surface area (Å²) in [7, 11) is 1.68. The Morgan fingerprint density at radius 3 is 2.19 bits per heavy atom. The van der Waals surface area contributed by atoms with E-state index in [1.807, 2.05) is 60.8 Å². The molecular formula is C34H58N2O6Si. The number of para-hydroxylation sites is 1. The second-order valence-electron chi connectivity index (χ2n) is 14.1. The quantitative estimate of drug-likeness (QED) is 0.110. The van der Waals surface area contributed by atoms with Gasteiger partial charge < -0.3 is 32.9 Å². The third-order valence-electron chi connectivity index (χ3n) is 8.73. The van der Waals surface area contributed by atoms with Crippen LogP contribution < -0.4 is 0 Å². The van der Waals surface area contributed by atoms with Gasteiger partial charge in [0.2, 0.25) is 0 Å². The summed E-state index contributed by atoms with van der Waals surface area (Å²) in [4.78, 5) is 27.6. The topological polar surface area (TPSA) is 79.2 Å². The lowest BCUT2D eigenvalue weighted by Gasteiger charge is -2.43. The molecule has 2 aromatic rings. The van der Waals surface area contributed by atoms with Crippen LogP contribution in [-0.4, -0.2) is 75.0 Å². The van der Waals surface area contributed by atoms with E-state index in [9.17, 15) is 9.59 Å². The predicted molar refractivity (Wildman–Crippen MR) is 177 cm³/mol. The summed E-state index contributed by atoms with van der Waals surface area (Å²) >= 11 is 0. The van der Waals surface area contributed by atoms with Crippen molar-refractivity contribution in [2.45, 2.75) is 111 Å². The van der Waals surface area contributed by atoms with E-state index in [4.69, 9.17) is 18.6 Å². The zero-order chi connectivity index (χ0) is 32.6. The molecule has 0 bridgehead atoms. The largest absolute Gasteiger partial charge is 0.444 e. The lowest BCUT2D eigenvalue weighted by atomic mass is 9.79. The molecule has 0 spiro atoms. The SMILES string of the molecule is CCOC(C[C@@H](CC=O)[C@@H](CO[Si](C)(C)C(C)(C)C)[C@H](Cc1cn(C)c2ccccc12)N(C)C(=O)OC(C)(C)C)OCC. The molecule has 2 rings (SSSR count). The number of aldehydes is 1. The van der Waals surface area contributed by atoms with E-state index in [1.165, 1.54) is 0 Å². The molecule has 1 amide bonds. The zero-order valence-electron chi connectivity index (χ0n) is 28.9. The minimum absolute atomic E-state index is 0.000912. The van der Waals surface area contributed by atoms with Crippen molar-refractivity contribution in [2.24, 2.45) is 18.9 Å². The van der Waals surface area contributed by atoms with E-state index in [1.54, 1.807) is 4.90 Å². The van der Waals surface area contributed by atoms with Gasteiger partial charge in [0.15, 0.2) is 14.6 Å². The molecule has 1 aromatic carbocycles. The molecule has 244 valence electrons. The number of rotatable bonds is 16. The van der Waals surface area contributed by atoms with Crippen LogP contribution in [0.5, 0.6) is 0 Å². The van der Waals surface area contributed by atoms with Crippen molar-refractivity contribution in [3.8, 4) is 0 Å². The van der Waals surface area contributed by atoms with Crippen LogP contribution in [0.2, 0.25) is 18.1 Å². The predicted octanol–water partition coefficient (Wildman–Crippen LogP) is 7.59. The molecule has 8 nitrogen and oxygen atoms in total. The summed E-state index contributed by atoms with van der Waals surface area (Å²) < 4.78 is 26.8. The summed E-state index contributed by atoms with van der Waals surface area (Å²) in [6, 6.07) is 7.99. The molecule has 3 atom stereocenters. The van der Waals surface area contributed by atoms with Gasteiger partial charge in [-0.15, -0.1) is 0 Å². The van der Waals surface area contributed by atoms with Crippen molar-refractivity contribution < 1.29 is 28.2 Å². The van der Waals surface area contributed by atoms with Gasteiger partial charge in [0, 0.05) is 75.8 Å². The molecule has 0 aliphatic carbocycles. The highest BCUT2D eigenvalue weighted by atomic mass is 28.4. The molecular weight excluding hydrogens is 560 g/mol. The first-order chi connectivity index (χ1) is 20.0. The van der Waals surface area contributed by atoms with Crippen LogP contribution in [0.1, 0.15) is 73.8 Å². The fourth-order valence-corrected chi connectivity index (χ4v) is 6.36. The minimum atomic E-state index is -2.17. The summed E-state index contributed by atoms with van der Waals surface area (Å²) in [5, 5.41) is 1.14. The van der Waals surface area contributed by atoms with Gasteiger partial charge in [0.25, 0.3) is 0 Å². The van der Waals surface area contributed by atoms with Gasteiger partial charge in [0.1, 0.15) is 11.9 Å². The van der Waals surface area contributed by atoms with Crippen LogP contribution in [0.25, 0.3) is 10.9 Å². The third kappa shape index (κ3) is 10.4. The Bertz CT molecular complexity index is 1160. The molecule has 0 aliphatic rings. The molecule has 9 heteroatoms. The first kappa shape index (κ1) is 37.0. The van der Waals surface area contributed by atoms with Gasteiger partial charge in [-0.25, -0.2) is 4.79 Å². The number of carbonyl (C=O) groups excluding carboxylic acids is 2. The molecule has 1 heterocycles. The molecule has 0 saturated heterocycles. The maximum atomic E-state index is 13.7. The Labute approximate surface area is 261 Å². The van der Waals surface area contributed by atoms with Gasteiger partial charge >= 0.3 is 6.09 Å². The number of likely N-dealkylation sites (N-methyl/N-ethyl adjacent to an activating group) is 1. The lowest BCUT2D eigenvalue weighted by molar-refractivity contribution is -0.152. The second-order valence-corrected chi connectivity index (χ2v) is 18.9. The molecule has 0 fully saturated rings. The van der Waals surface area contributed by atoms with Crippen LogP contribution in [0.4, 0.5) is 4.79 Å². The first-order valence-electron chi connectivity index (χ1n) is 15.7. The Morgan fingerprint density at radius 1 is 1.05 bits per heavy atom. The summed E-state index contributed by atoms with van der Waals surface area (Å²) in [6.45, 7) is 22.0. The van der Waals surface area contributed by atoms with Gasteiger partial charge in [-0.1, -0.05) is 39.0 Å². The van der Waals surface area contributed by atoms with Crippen LogP contribution in [0.15, 0.2) is 30.5 Å². The first-order valence-corrected chi connectivity index (χ1v) is 18.7. The maximum Gasteiger partial charge on any atom is 0.410 e. The average Bonchev–Trinajstić information content (AvgIpc) is 3.21. The van der Waals surface area contributed by atoms with E-state index < -0.39 is 26.3 Å². The number of aryl methyl sites for hydroxylation is 1. The van der Waals surface area contributed by atoms with E-state index in [0.717, 1.165) is 22.8 Å². The second kappa shape index (κ2) is 15.7. The molecule has 0 N–H and O–H groups in total. The molecule has 0 unspecified atom stereocenters. The van der Waals surface area contributed by atoms with Crippen LogP contribution in [-0.2, 0) is 36.9 Å². The number of aromatic nitrogens is 1. The van der Waals surface area contributed by atoms with Crippen LogP contribution in [0, 0.1) is 11.8 Å². The van der Waals surface area contributed by atoms with E-state index >= 15 is 0 Å². The summed E-state index contributed by atoms with van der Waals surface area (Å²) in [5.41, 5.74) is 1.61. The smallest absolute Gasteiger partial charge is 0.410 e. The summed E-state index contributed by atoms with van der Waals surface area (Å²) in [6.07, 6.45) is 3.65. The fraction of sp³-hybridized carbons (Fsp3) is 0.706. The molecule has 1 aromatic heterocycles. The molecule has 0 aliphatic heterocycles. The number of amides is 1. The van der Waals surface area contributed by atoms with Gasteiger partial charge in [0.05, 0.1) is 0 Å². The van der Waals surface area contributed by atoms with Gasteiger partial charge in [-0.3, -0.25) is 0 Å². The Kier molecular flexibility index (Phi) is 13.5.